The van der Waals surface area contributed by atoms with Gasteiger partial charge in [-0.25, -0.2) is 9.98 Å². The molecule has 0 amide bonds. The highest BCUT2D eigenvalue weighted by atomic mass is 127. The summed E-state index contributed by atoms with van der Waals surface area (Å²) in [5, 5.41) is 6.68. The van der Waals surface area contributed by atoms with Crippen molar-refractivity contribution in [2.75, 3.05) is 32.8 Å². The van der Waals surface area contributed by atoms with Crippen molar-refractivity contribution in [3.05, 3.63) is 16.1 Å². The van der Waals surface area contributed by atoms with Crippen molar-refractivity contribution >= 4 is 41.3 Å². The van der Waals surface area contributed by atoms with Crippen molar-refractivity contribution < 1.29 is 9.47 Å². The molecule has 0 aliphatic carbocycles. The van der Waals surface area contributed by atoms with Gasteiger partial charge in [0.1, 0.15) is 5.01 Å². The Morgan fingerprint density at radius 1 is 1.34 bits per heavy atom. The van der Waals surface area contributed by atoms with Gasteiger partial charge < -0.3 is 19.7 Å². The van der Waals surface area contributed by atoms with Gasteiger partial charge in [0, 0.05) is 37.0 Å². The smallest absolute Gasteiger partial charge is 0.194 e. The number of nitrogens with one attached hydrogen (secondary N) is 1. The number of rotatable bonds is 6. The number of nitrogens with zero attached hydrogens (tertiary/aromatic N) is 3. The molecule has 1 aromatic heterocycles. The van der Waals surface area contributed by atoms with Crippen LogP contribution in [0.15, 0.2) is 10.4 Å². The zero-order valence-electron chi connectivity index (χ0n) is 18.3. The minimum atomic E-state index is 0. The fraction of sp³-hybridized carbons (Fsp3) is 0.810. The highest BCUT2D eigenvalue weighted by molar-refractivity contribution is 14.0. The molecule has 1 N–H and O–H groups in total. The average molecular weight is 537 g/mol. The number of aromatic nitrogens is 1. The van der Waals surface area contributed by atoms with Crippen molar-refractivity contribution in [1.82, 2.24) is 15.2 Å². The fourth-order valence-electron chi connectivity index (χ4n) is 3.55. The first kappa shape index (κ1) is 24.8. The average Bonchev–Trinajstić information content (AvgIpc) is 3.35. The summed E-state index contributed by atoms with van der Waals surface area (Å²) in [5.41, 5.74) is 1.24. The van der Waals surface area contributed by atoms with Gasteiger partial charge in [0.05, 0.1) is 31.1 Å². The molecule has 29 heavy (non-hydrogen) atoms. The summed E-state index contributed by atoms with van der Waals surface area (Å²) in [7, 11) is 0. The van der Waals surface area contributed by atoms with Gasteiger partial charge in [0.25, 0.3) is 0 Å². The Hall–Kier alpha value is -0.450. The molecule has 0 radical (unpaired) electrons. The summed E-state index contributed by atoms with van der Waals surface area (Å²) in [5.74, 6) is 0.993. The topological polar surface area (TPSA) is 59.0 Å². The van der Waals surface area contributed by atoms with Crippen molar-refractivity contribution in [2.45, 2.75) is 77.5 Å². The van der Waals surface area contributed by atoms with Gasteiger partial charge in [-0.15, -0.1) is 35.3 Å². The molecule has 2 aliphatic rings. The van der Waals surface area contributed by atoms with Gasteiger partial charge in [-0.3, -0.25) is 0 Å². The van der Waals surface area contributed by atoms with Crippen LogP contribution in [0.4, 0.5) is 0 Å². The lowest BCUT2D eigenvalue weighted by atomic mass is 9.93. The van der Waals surface area contributed by atoms with Crippen molar-refractivity contribution in [1.29, 1.82) is 0 Å². The zero-order chi connectivity index (χ0) is 20.0. The molecule has 1 aromatic rings. The number of thiazole rings is 1. The van der Waals surface area contributed by atoms with Crippen molar-refractivity contribution in [3.8, 4) is 0 Å². The van der Waals surface area contributed by atoms with E-state index in [2.05, 4.69) is 43.3 Å². The molecule has 8 heteroatoms. The van der Waals surface area contributed by atoms with Crippen LogP contribution in [0.1, 0.15) is 64.1 Å². The Kier molecular flexibility index (Phi) is 10.1. The van der Waals surface area contributed by atoms with E-state index in [1.165, 1.54) is 6.42 Å². The van der Waals surface area contributed by atoms with E-state index in [0.29, 0.717) is 18.8 Å². The van der Waals surface area contributed by atoms with Crippen LogP contribution in [0, 0.1) is 0 Å². The molecule has 2 aliphatic heterocycles. The molecule has 6 nitrogen and oxygen atoms in total. The molecular weight excluding hydrogens is 499 g/mol. The normalized spacial score (nSPS) is 21.3. The molecule has 166 valence electrons. The third-order valence-electron chi connectivity index (χ3n) is 5.30. The summed E-state index contributed by atoms with van der Waals surface area (Å²) in [6.07, 6.45) is 5.06. The maximum absolute atomic E-state index is 6.10. The standard InChI is InChI=1S/C21H36N4O2S.HI/c1-5-22-20(23-13-19-24-18(15-28-19)21(2,3)4)25-10-8-16(9-11-25)27-14-17-7-6-12-26-17;/h15-17H,5-14H2,1-4H3,(H,22,23);1H. The van der Waals surface area contributed by atoms with E-state index in [9.17, 15) is 0 Å². The first-order chi connectivity index (χ1) is 13.5. The minimum Gasteiger partial charge on any atom is -0.376 e. The molecular formula is C21H37IN4O2S. The predicted octanol–water partition coefficient (Wildman–Crippen LogP) is 4.18. The van der Waals surface area contributed by atoms with E-state index in [-0.39, 0.29) is 29.4 Å². The first-order valence-electron chi connectivity index (χ1n) is 10.7. The van der Waals surface area contributed by atoms with E-state index in [4.69, 9.17) is 19.5 Å². The quantitative estimate of drug-likeness (QED) is 0.336. The lowest BCUT2D eigenvalue weighted by molar-refractivity contribution is -0.0367. The Labute approximate surface area is 196 Å². The molecule has 3 rings (SSSR count). The van der Waals surface area contributed by atoms with Gasteiger partial charge in [-0.2, -0.15) is 0 Å². The Morgan fingerprint density at radius 2 is 2.10 bits per heavy atom. The molecule has 1 unspecified atom stereocenters. The largest absolute Gasteiger partial charge is 0.376 e. The van der Waals surface area contributed by atoms with Crippen LogP contribution in [0.2, 0.25) is 0 Å². The fourth-order valence-corrected chi connectivity index (χ4v) is 4.49. The number of halogens is 1. The van der Waals surface area contributed by atoms with Crippen molar-refractivity contribution in [2.24, 2.45) is 4.99 Å². The van der Waals surface area contributed by atoms with Crippen LogP contribution in [-0.4, -0.2) is 60.9 Å². The molecule has 3 heterocycles. The van der Waals surface area contributed by atoms with Crippen LogP contribution in [0.5, 0.6) is 0 Å². The molecule has 1 atom stereocenters. The number of aliphatic imine (C=N–C) groups is 1. The summed E-state index contributed by atoms with van der Waals surface area (Å²) in [6, 6.07) is 0. The second kappa shape index (κ2) is 11.8. The van der Waals surface area contributed by atoms with Crippen LogP contribution in [-0.2, 0) is 21.4 Å². The van der Waals surface area contributed by atoms with Gasteiger partial charge >= 0.3 is 0 Å². The summed E-state index contributed by atoms with van der Waals surface area (Å²) >= 11 is 1.71. The molecule has 0 bridgehead atoms. The van der Waals surface area contributed by atoms with E-state index in [1.807, 2.05) is 0 Å². The van der Waals surface area contributed by atoms with Gasteiger partial charge in [0.2, 0.25) is 0 Å². The Morgan fingerprint density at radius 3 is 2.69 bits per heavy atom. The highest BCUT2D eigenvalue weighted by Crippen LogP contribution is 2.24. The van der Waals surface area contributed by atoms with E-state index in [0.717, 1.165) is 68.8 Å². The third-order valence-corrected chi connectivity index (χ3v) is 6.14. The highest BCUT2D eigenvalue weighted by Gasteiger charge is 2.24. The number of hydrogen-bond acceptors (Lipinski definition) is 5. The molecule has 0 aromatic carbocycles. The SMILES string of the molecule is CCNC(=NCc1nc(C(C)(C)C)cs1)N1CCC(OCC2CCCO2)CC1.I. The molecule has 0 saturated carbocycles. The van der Waals surface area contributed by atoms with E-state index in [1.54, 1.807) is 11.3 Å². The lowest BCUT2D eigenvalue weighted by Gasteiger charge is -2.34. The number of likely N-dealkylation sites (tertiary alicyclic amines) is 1. The van der Waals surface area contributed by atoms with E-state index >= 15 is 0 Å². The van der Waals surface area contributed by atoms with Crippen LogP contribution in [0.25, 0.3) is 0 Å². The maximum Gasteiger partial charge on any atom is 0.194 e. The number of ether oxygens (including phenoxy) is 2. The van der Waals surface area contributed by atoms with Gasteiger partial charge in [0.15, 0.2) is 5.96 Å². The summed E-state index contributed by atoms with van der Waals surface area (Å²) in [4.78, 5) is 12.0. The maximum atomic E-state index is 6.10. The lowest BCUT2D eigenvalue weighted by Crippen LogP contribution is -2.47. The summed E-state index contributed by atoms with van der Waals surface area (Å²) < 4.78 is 11.8. The third kappa shape index (κ3) is 7.63. The van der Waals surface area contributed by atoms with Crippen molar-refractivity contribution in [3.63, 3.8) is 0 Å². The monoisotopic (exact) mass is 536 g/mol. The second-order valence-electron chi connectivity index (χ2n) is 8.70. The van der Waals surface area contributed by atoms with Gasteiger partial charge in [-0.05, 0) is 32.6 Å². The molecule has 2 fully saturated rings. The van der Waals surface area contributed by atoms with Crippen LogP contribution >= 0.6 is 35.3 Å². The van der Waals surface area contributed by atoms with Crippen LogP contribution < -0.4 is 5.32 Å². The molecule has 0 spiro atoms. The minimum absolute atomic E-state index is 0. The Bertz CT molecular complexity index is 633. The molecule has 2 saturated heterocycles. The summed E-state index contributed by atoms with van der Waals surface area (Å²) in [6.45, 7) is 13.8. The first-order valence-corrected chi connectivity index (χ1v) is 11.5. The van der Waals surface area contributed by atoms with Gasteiger partial charge in [-0.1, -0.05) is 20.8 Å². The predicted molar refractivity (Wildman–Crippen MR) is 131 cm³/mol. The number of piperidine rings is 1. The zero-order valence-corrected chi connectivity index (χ0v) is 21.4. The Balaban J connectivity index is 0.00000300. The second-order valence-corrected chi connectivity index (χ2v) is 9.64. The van der Waals surface area contributed by atoms with Crippen LogP contribution in [0.3, 0.4) is 0 Å². The van der Waals surface area contributed by atoms with E-state index < -0.39 is 0 Å². The number of guanidine groups is 1. The number of hydrogen-bond donors (Lipinski definition) is 1.